The van der Waals surface area contributed by atoms with Crippen molar-refractivity contribution in [2.24, 2.45) is 0 Å². The zero-order chi connectivity index (χ0) is 15.9. The van der Waals surface area contributed by atoms with E-state index in [0.29, 0.717) is 17.4 Å². The van der Waals surface area contributed by atoms with Crippen LogP contribution in [-0.2, 0) is 4.79 Å². The molecule has 4 nitrogen and oxygen atoms in total. The predicted molar refractivity (Wildman–Crippen MR) is 87.4 cm³/mol. The summed E-state index contributed by atoms with van der Waals surface area (Å²) in [5.41, 5.74) is 1.50. The molecular weight excluding hydrogens is 278 g/mol. The topological polar surface area (TPSA) is 58.6 Å². The Kier molecular flexibility index (Phi) is 5.42. The highest BCUT2D eigenvalue weighted by molar-refractivity contribution is 5.93. The van der Waals surface area contributed by atoms with Crippen LogP contribution >= 0.6 is 0 Å². The van der Waals surface area contributed by atoms with Gasteiger partial charge in [0.15, 0.2) is 6.61 Å². The van der Waals surface area contributed by atoms with Gasteiger partial charge in [0.1, 0.15) is 11.5 Å². The Morgan fingerprint density at radius 2 is 1.95 bits per heavy atom. The quantitative estimate of drug-likeness (QED) is 0.795. The van der Waals surface area contributed by atoms with Gasteiger partial charge in [0.25, 0.3) is 5.91 Å². The molecular formula is C18H21NO3. The molecule has 0 aromatic heterocycles. The van der Waals surface area contributed by atoms with Crippen molar-refractivity contribution in [3.8, 4) is 11.5 Å². The first-order chi connectivity index (χ1) is 10.6. The highest BCUT2D eigenvalue weighted by Crippen LogP contribution is 2.29. The van der Waals surface area contributed by atoms with Crippen molar-refractivity contribution in [3.05, 3.63) is 54.1 Å². The first kappa shape index (κ1) is 15.9. The number of phenolic OH excluding ortho intramolecular Hbond substituents is 1. The van der Waals surface area contributed by atoms with Gasteiger partial charge >= 0.3 is 0 Å². The lowest BCUT2D eigenvalue weighted by Crippen LogP contribution is -2.20. The van der Waals surface area contributed by atoms with Gasteiger partial charge in [-0.1, -0.05) is 38.1 Å². The summed E-state index contributed by atoms with van der Waals surface area (Å²) in [6.45, 7) is 4.11. The molecule has 0 saturated heterocycles. The number of carbonyl (C=O) groups is 1. The summed E-state index contributed by atoms with van der Waals surface area (Å²) in [6, 6.07) is 14.4. The number of amides is 1. The van der Waals surface area contributed by atoms with Crippen molar-refractivity contribution in [2.75, 3.05) is 11.9 Å². The third kappa shape index (κ3) is 4.25. The summed E-state index contributed by atoms with van der Waals surface area (Å²) >= 11 is 0. The average molecular weight is 299 g/mol. The normalized spacial score (nSPS) is 11.7. The molecule has 0 fully saturated rings. The van der Waals surface area contributed by atoms with Crippen LogP contribution in [0.25, 0.3) is 0 Å². The predicted octanol–water partition coefficient (Wildman–Crippen LogP) is 3.92. The van der Waals surface area contributed by atoms with Crippen LogP contribution in [-0.4, -0.2) is 17.6 Å². The van der Waals surface area contributed by atoms with Crippen LogP contribution in [0.15, 0.2) is 48.5 Å². The van der Waals surface area contributed by atoms with Gasteiger partial charge in [-0.25, -0.2) is 0 Å². The van der Waals surface area contributed by atoms with E-state index < -0.39 is 0 Å². The molecule has 22 heavy (non-hydrogen) atoms. The van der Waals surface area contributed by atoms with Crippen molar-refractivity contribution < 1.29 is 14.6 Å². The van der Waals surface area contributed by atoms with Crippen LogP contribution in [0.2, 0.25) is 0 Å². The van der Waals surface area contributed by atoms with Crippen LogP contribution in [0.1, 0.15) is 31.7 Å². The molecule has 2 N–H and O–H groups in total. The molecule has 0 aliphatic heterocycles. The van der Waals surface area contributed by atoms with Gasteiger partial charge in [0.05, 0.1) is 5.69 Å². The van der Waals surface area contributed by atoms with E-state index in [1.54, 1.807) is 18.2 Å². The standard InChI is InChI=1S/C18H21NO3/c1-3-13(2)14-9-10-17(20)16(11-14)19-18(21)12-22-15-7-5-4-6-8-15/h4-11,13,20H,3,12H2,1-2H3,(H,19,21)/t13-/m1/s1. The first-order valence-corrected chi connectivity index (χ1v) is 7.40. The molecule has 0 saturated carbocycles. The summed E-state index contributed by atoms with van der Waals surface area (Å²) in [7, 11) is 0. The lowest BCUT2D eigenvalue weighted by molar-refractivity contribution is -0.118. The largest absolute Gasteiger partial charge is 0.506 e. The Balaban J connectivity index is 1.99. The minimum Gasteiger partial charge on any atom is -0.506 e. The van der Waals surface area contributed by atoms with Crippen LogP contribution in [0.3, 0.4) is 0 Å². The molecule has 0 radical (unpaired) electrons. The van der Waals surface area contributed by atoms with Crippen molar-refractivity contribution >= 4 is 11.6 Å². The fourth-order valence-corrected chi connectivity index (χ4v) is 2.05. The van der Waals surface area contributed by atoms with Gasteiger partial charge in [0.2, 0.25) is 0 Å². The SMILES string of the molecule is CC[C@@H](C)c1ccc(O)c(NC(=O)COc2ccccc2)c1. The number of para-hydroxylation sites is 1. The highest BCUT2D eigenvalue weighted by Gasteiger charge is 2.10. The molecule has 1 amide bonds. The lowest BCUT2D eigenvalue weighted by Gasteiger charge is -2.13. The third-order valence-electron chi connectivity index (χ3n) is 3.59. The van der Waals surface area contributed by atoms with Crippen molar-refractivity contribution in [3.63, 3.8) is 0 Å². The number of rotatable bonds is 6. The number of anilines is 1. The summed E-state index contributed by atoms with van der Waals surface area (Å²) in [5, 5.41) is 12.6. The number of phenols is 1. The number of hydrogen-bond donors (Lipinski definition) is 2. The molecule has 4 heteroatoms. The van der Waals surface area contributed by atoms with Crippen LogP contribution in [0.5, 0.6) is 11.5 Å². The Morgan fingerprint density at radius 1 is 1.23 bits per heavy atom. The molecule has 2 aromatic carbocycles. The summed E-state index contributed by atoms with van der Waals surface area (Å²) < 4.78 is 5.39. The average Bonchev–Trinajstić information content (AvgIpc) is 2.55. The van der Waals surface area contributed by atoms with Gasteiger partial charge < -0.3 is 15.2 Å². The van der Waals surface area contributed by atoms with Gasteiger partial charge in [-0.3, -0.25) is 4.79 Å². The molecule has 116 valence electrons. The maximum atomic E-state index is 11.9. The molecule has 0 aliphatic carbocycles. The minimum atomic E-state index is -0.305. The van der Waals surface area contributed by atoms with Gasteiger partial charge in [-0.2, -0.15) is 0 Å². The first-order valence-electron chi connectivity index (χ1n) is 7.40. The van der Waals surface area contributed by atoms with Gasteiger partial charge in [-0.05, 0) is 42.2 Å². The van der Waals surface area contributed by atoms with E-state index in [0.717, 1.165) is 12.0 Å². The lowest BCUT2D eigenvalue weighted by atomic mass is 9.98. The van der Waals surface area contributed by atoms with Crippen LogP contribution < -0.4 is 10.1 Å². The van der Waals surface area contributed by atoms with E-state index in [4.69, 9.17) is 4.74 Å². The summed E-state index contributed by atoms with van der Waals surface area (Å²) in [5.74, 6) is 0.757. The number of aromatic hydroxyl groups is 1. The Labute approximate surface area is 130 Å². The number of ether oxygens (including phenoxy) is 1. The molecule has 0 heterocycles. The Hall–Kier alpha value is -2.49. The second-order valence-electron chi connectivity index (χ2n) is 5.24. The molecule has 0 aliphatic rings. The molecule has 1 atom stereocenters. The Morgan fingerprint density at radius 3 is 2.64 bits per heavy atom. The number of benzene rings is 2. The number of nitrogens with one attached hydrogen (secondary N) is 1. The van der Waals surface area contributed by atoms with Gasteiger partial charge in [-0.15, -0.1) is 0 Å². The van der Waals surface area contributed by atoms with E-state index >= 15 is 0 Å². The number of carbonyl (C=O) groups excluding carboxylic acids is 1. The zero-order valence-corrected chi connectivity index (χ0v) is 12.9. The zero-order valence-electron chi connectivity index (χ0n) is 12.9. The summed E-state index contributed by atoms with van der Waals surface area (Å²) in [4.78, 5) is 11.9. The molecule has 0 unspecified atom stereocenters. The second kappa shape index (κ2) is 7.50. The van der Waals surface area contributed by atoms with Crippen molar-refractivity contribution in [2.45, 2.75) is 26.2 Å². The maximum absolute atomic E-state index is 11.9. The fraction of sp³-hybridized carbons (Fsp3) is 0.278. The molecule has 2 rings (SSSR count). The molecule has 0 bridgehead atoms. The van der Waals surface area contributed by atoms with Gasteiger partial charge in [0, 0.05) is 0 Å². The van der Waals surface area contributed by atoms with E-state index in [1.165, 1.54) is 0 Å². The highest BCUT2D eigenvalue weighted by atomic mass is 16.5. The van der Waals surface area contributed by atoms with E-state index in [-0.39, 0.29) is 18.3 Å². The van der Waals surface area contributed by atoms with E-state index in [2.05, 4.69) is 19.2 Å². The minimum absolute atomic E-state index is 0.0557. The monoisotopic (exact) mass is 299 g/mol. The van der Waals surface area contributed by atoms with Crippen LogP contribution in [0, 0.1) is 0 Å². The number of hydrogen-bond acceptors (Lipinski definition) is 3. The molecule has 0 spiro atoms. The third-order valence-corrected chi connectivity index (χ3v) is 3.59. The second-order valence-corrected chi connectivity index (χ2v) is 5.24. The van der Waals surface area contributed by atoms with Crippen molar-refractivity contribution in [1.29, 1.82) is 0 Å². The Bertz CT molecular complexity index is 625. The van der Waals surface area contributed by atoms with Crippen molar-refractivity contribution in [1.82, 2.24) is 0 Å². The van der Waals surface area contributed by atoms with E-state index in [1.807, 2.05) is 30.3 Å². The molecule has 2 aromatic rings. The maximum Gasteiger partial charge on any atom is 0.262 e. The fourth-order valence-electron chi connectivity index (χ4n) is 2.05. The summed E-state index contributed by atoms with van der Waals surface area (Å²) in [6.07, 6.45) is 0.995. The van der Waals surface area contributed by atoms with E-state index in [9.17, 15) is 9.90 Å². The van der Waals surface area contributed by atoms with Crippen LogP contribution in [0.4, 0.5) is 5.69 Å². The smallest absolute Gasteiger partial charge is 0.262 e.